The van der Waals surface area contributed by atoms with Crippen LogP contribution in [0.5, 0.6) is 0 Å². The number of rotatable bonds is 3. The van der Waals surface area contributed by atoms with Crippen LogP contribution in [-0.2, 0) is 16.2 Å². The van der Waals surface area contributed by atoms with Gasteiger partial charge >= 0.3 is 0 Å². The van der Waals surface area contributed by atoms with Crippen molar-refractivity contribution in [3.05, 3.63) is 185 Å². The van der Waals surface area contributed by atoms with Crippen molar-refractivity contribution < 1.29 is 0 Å². The fourth-order valence-corrected chi connectivity index (χ4v) is 10.1. The van der Waals surface area contributed by atoms with Crippen LogP contribution in [0.4, 0.5) is 0 Å². The molecule has 0 amide bonds. The molecule has 0 bridgehead atoms. The molecule has 0 radical (unpaired) electrons. The van der Waals surface area contributed by atoms with Crippen LogP contribution in [0.25, 0.3) is 67.2 Å². The van der Waals surface area contributed by atoms with Gasteiger partial charge in [-0.2, -0.15) is 0 Å². The molecule has 1 aromatic heterocycles. The fraction of sp³-hybridized carbons (Fsp3) is 0.173. The van der Waals surface area contributed by atoms with Gasteiger partial charge in [-0.3, -0.25) is 0 Å². The molecule has 55 heavy (non-hydrogen) atoms. The summed E-state index contributed by atoms with van der Waals surface area (Å²) >= 11 is 0. The highest BCUT2D eigenvalue weighted by molar-refractivity contribution is 5.97. The Kier molecular flexibility index (Phi) is 6.69. The van der Waals surface area contributed by atoms with E-state index in [9.17, 15) is 0 Å². The highest BCUT2D eigenvalue weighted by Crippen LogP contribution is 2.63. The fourth-order valence-electron chi connectivity index (χ4n) is 10.1. The van der Waals surface area contributed by atoms with Crippen molar-refractivity contribution in [3.63, 3.8) is 0 Å². The van der Waals surface area contributed by atoms with E-state index >= 15 is 0 Å². The predicted molar refractivity (Wildman–Crippen MR) is 225 cm³/mol. The molecule has 0 aliphatic heterocycles. The molecule has 1 heterocycles. The van der Waals surface area contributed by atoms with E-state index in [1.807, 2.05) is 0 Å². The van der Waals surface area contributed by atoms with Gasteiger partial charge in [0, 0.05) is 16.7 Å². The highest BCUT2D eigenvalue weighted by atomic mass is 15.0. The van der Waals surface area contributed by atoms with E-state index in [0.717, 1.165) is 33.9 Å². The van der Waals surface area contributed by atoms with Gasteiger partial charge in [-0.05, 0) is 102 Å². The Labute approximate surface area is 322 Å². The molecule has 0 saturated heterocycles. The lowest BCUT2D eigenvalue weighted by molar-refractivity contribution is 0.332. The third-order valence-electron chi connectivity index (χ3n) is 13.0. The number of hydrogen-bond acceptors (Lipinski definition) is 3. The van der Waals surface area contributed by atoms with Gasteiger partial charge in [-0.25, -0.2) is 15.0 Å². The molecular weight excluding hydrogens is 667 g/mol. The Hall–Kier alpha value is -6.19. The average Bonchev–Trinajstić information content (AvgIpc) is 3.69. The standard InChI is InChI=1S/C52H41N3/c1-50(2)28-29-51(3,4)46-31-34(25-27-44(46)50)48-53-47(54-49(55-48)40-20-13-15-32-14-5-6-16-35(32)40)33-24-26-39-38-19-9-12-23-43(38)52(45(39)30-33)41-21-10-7-17-36(41)37-18-8-11-22-42(37)52/h5-27,30-31H,28-29H2,1-4H3. The van der Waals surface area contributed by atoms with Crippen LogP contribution in [0.2, 0.25) is 0 Å². The smallest absolute Gasteiger partial charge is 0.164 e. The quantitative estimate of drug-likeness (QED) is 0.183. The summed E-state index contributed by atoms with van der Waals surface area (Å²) in [4.78, 5) is 16.0. The van der Waals surface area contributed by atoms with E-state index in [2.05, 4.69) is 179 Å². The maximum atomic E-state index is 5.37. The second-order valence-corrected chi connectivity index (χ2v) is 17.0. The van der Waals surface area contributed by atoms with Crippen LogP contribution in [0.3, 0.4) is 0 Å². The van der Waals surface area contributed by atoms with Crippen molar-refractivity contribution in [2.45, 2.75) is 56.8 Å². The molecule has 7 aromatic carbocycles. The molecule has 3 nitrogen and oxygen atoms in total. The second kappa shape index (κ2) is 11.4. The van der Waals surface area contributed by atoms with Crippen LogP contribution >= 0.6 is 0 Å². The van der Waals surface area contributed by atoms with E-state index in [0.29, 0.717) is 17.5 Å². The van der Waals surface area contributed by atoms with Gasteiger partial charge in [-0.1, -0.05) is 167 Å². The molecule has 0 unspecified atom stereocenters. The van der Waals surface area contributed by atoms with Crippen LogP contribution in [0.15, 0.2) is 152 Å². The van der Waals surface area contributed by atoms with Crippen molar-refractivity contribution in [3.8, 4) is 56.4 Å². The summed E-state index contributed by atoms with van der Waals surface area (Å²) < 4.78 is 0. The minimum Gasteiger partial charge on any atom is -0.208 e. The molecule has 0 fully saturated rings. The number of nitrogens with zero attached hydrogens (tertiary/aromatic N) is 3. The van der Waals surface area contributed by atoms with Gasteiger partial charge in [-0.15, -0.1) is 0 Å². The van der Waals surface area contributed by atoms with E-state index < -0.39 is 5.41 Å². The predicted octanol–water partition coefficient (Wildman–Crippen LogP) is 12.7. The van der Waals surface area contributed by atoms with Crippen LogP contribution in [0, 0.1) is 0 Å². The zero-order valence-electron chi connectivity index (χ0n) is 31.7. The first-order chi connectivity index (χ1) is 26.7. The molecule has 3 heteroatoms. The molecule has 3 aliphatic carbocycles. The van der Waals surface area contributed by atoms with Crippen LogP contribution in [-0.4, -0.2) is 15.0 Å². The summed E-state index contributed by atoms with van der Waals surface area (Å²) in [7, 11) is 0. The van der Waals surface area contributed by atoms with Gasteiger partial charge in [0.05, 0.1) is 5.41 Å². The summed E-state index contributed by atoms with van der Waals surface area (Å²) in [5.74, 6) is 2.06. The third kappa shape index (κ3) is 4.53. The first-order valence-corrected chi connectivity index (χ1v) is 19.6. The van der Waals surface area contributed by atoms with Crippen molar-refractivity contribution in [1.82, 2.24) is 15.0 Å². The average molecular weight is 708 g/mol. The van der Waals surface area contributed by atoms with E-state index in [4.69, 9.17) is 15.0 Å². The maximum Gasteiger partial charge on any atom is 0.164 e. The molecule has 0 atom stereocenters. The van der Waals surface area contributed by atoms with Gasteiger partial charge in [0.2, 0.25) is 0 Å². The van der Waals surface area contributed by atoms with Crippen molar-refractivity contribution in [2.75, 3.05) is 0 Å². The zero-order chi connectivity index (χ0) is 37.1. The van der Waals surface area contributed by atoms with Gasteiger partial charge in [0.25, 0.3) is 0 Å². The number of aromatic nitrogens is 3. The van der Waals surface area contributed by atoms with E-state index in [1.165, 1.54) is 62.1 Å². The maximum absolute atomic E-state index is 5.37. The first-order valence-electron chi connectivity index (χ1n) is 19.6. The van der Waals surface area contributed by atoms with Crippen molar-refractivity contribution in [2.24, 2.45) is 0 Å². The van der Waals surface area contributed by atoms with Crippen molar-refractivity contribution in [1.29, 1.82) is 0 Å². The van der Waals surface area contributed by atoms with E-state index in [1.54, 1.807) is 0 Å². The molecule has 11 rings (SSSR count). The minimum atomic E-state index is -0.444. The molecule has 3 aliphatic rings. The summed E-state index contributed by atoms with van der Waals surface area (Å²) in [5, 5.41) is 2.29. The van der Waals surface area contributed by atoms with Crippen LogP contribution in [0.1, 0.15) is 73.9 Å². The molecule has 264 valence electrons. The first kappa shape index (κ1) is 32.3. The summed E-state index contributed by atoms with van der Waals surface area (Å²) in [5.41, 5.74) is 16.0. The largest absolute Gasteiger partial charge is 0.208 e. The van der Waals surface area contributed by atoms with Gasteiger partial charge in [0.15, 0.2) is 17.5 Å². The number of hydrogen-bond donors (Lipinski definition) is 0. The highest BCUT2D eigenvalue weighted by Gasteiger charge is 2.51. The molecule has 0 N–H and O–H groups in total. The molecule has 0 saturated carbocycles. The van der Waals surface area contributed by atoms with Gasteiger partial charge in [0.1, 0.15) is 0 Å². The third-order valence-corrected chi connectivity index (χ3v) is 13.0. The number of benzene rings is 7. The van der Waals surface area contributed by atoms with E-state index in [-0.39, 0.29) is 10.8 Å². The lowest BCUT2D eigenvalue weighted by atomic mass is 9.63. The normalized spacial score (nSPS) is 16.3. The Morgan fingerprint density at radius 2 is 0.818 bits per heavy atom. The van der Waals surface area contributed by atoms with Gasteiger partial charge < -0.3 is 0 Å². The zero-order valence-corrected chi connectivity index (χ0v) is 31.7. The lowest BCUT2D eigenvalue weighted by Crippen LogP contribution is -2.33. The Balaban J connectivity index is 1.17. The molecule has 1 spiro atoms. The number of fused-ring (bicyclic) bond motifs is 12. The summed E-state index contributed by atoms with van der Waals surface area (Å²) in [6.45, 7) is 9.51. The van der Waals surface area contributed by atoms with Crippen molar-refractivity contribution >= 4 is 10.8 Å². The monoisotopic (exact) mass is 707 g/mol. The van der Waals surface area contributed by atoms with Crippen LogP contribution < -0.4 is 0 Å². The SMILES string of the molecule is CC1(C)CCC(C)(C)c2cc(-c3nc(-c4ccc5c(c4)C4(c6ccccc6-c6ccccc64)c4ccccc4-5)nc(-c4cccc5ccccc45)n3)ccc21. The topological polar surface area (TPSA) is 38.7 Å². The molecule has 8 aromatic rings. The second-order valence-electron chi connectivity index (χ2n) is 17.0. The molecular formula is C52H41N3. The lowest BCUT2D eigenvalue weighted by Gasteiger charge is -2.42. The Bertz CT molecular complexity index is 2830. The Morgan fingerprint density at radius 3 is 1.45 bits per heavy atom. The minimum absolute atomic E-state index is 0.0619. The summed E-state index contributed by atoms with van der Waals surface area (Å²) in [6.07, 6.45) is 2.32. The Morgan fingerprint density at radius 1 is 0.364 bits per heavy atom. The summed E-state index contributed by atoms with van der Waals surface area (Å²) in [6, 6.07) is 55.6.